The summed E-state index contributed by atoms with van der Waals surface area (Å²) in [6.45, 7) is 1.95. The lowest BCUT2D eigenvalue weighted by Gasteiger charge is -2.12. The van der Waals surface area contributed by atoms with Crippen molar-refractivity contribution in [1.82, 2.24) is 0 Å². The van der Waals surface area contributed by atoms with Crippen LogP contribution in [-0.2, 0) is 16.4 Å². The van der Waals surface area contributed by atoms with Gasteiger partial charge in [-0.25, -0.2) is 8.42 Å². The number of hydrogen-bond donors (Lipinski definition) is 1. The summed E-state index contributed by atoms with van der Waals surface area (Å²) >= 11 is 0. The molecule has 5 heteroatoms. The highest BCUT2D eigenvalue weighted by molar-refractivity contribution is 7.92. The van der Waals surface area contributed by atoms with Crippen molar-refractivity contribution in [1.29, 1.82) is 5.26 Å². The molecule has 0 aliphatic carbocycles. The molecule has 0 aliphatic rings. The van der Waals surface area contributed by atoms with Crippen LogP contribution in [0.4, 0.5) is 5.69 Å². The average molecular weight is 286 g/mol. The molecule has 2 aromatic carbocycles. The standard InChI is InChI=1S/C15H14N2O2S/c1-2-12-7-3-5-9-14(12)17-20(18,19)15-10-6-4-8-13(15)11-16/h3-10,17H,2H2,1H3. The summed E-state index contributed by atoms with van der Waals surface area (Å²) in [5.41, 5.74) is 1.59. The van der Waals surface area contributed by atoms with Crippen molar-refractivity contribution in [3.63, 3.8) is 0 Å². The Morgan fingerprint density at radius 1 is 1.10 bits per heavy atom. The highest BCUT2D eigenvalue weighted by atomic mass is 32.2. The van der Waals surface area contributed by atoms with Crippen LogP contribution in [0.1, 0.15) is 18.1 Å². The molecule has 0 amide bonds. The zero-order valence-corrected chi connectivity index (χ0v) is 11.8. The van der Waals surface area contributed by atoms with Crippen LogP contribution in [0.3, 0.4) is 0 Å². The van der Waals surface area contributed by atoms with E-state index < -0.39 is 10.0 Å². The second kappa shape index (κ2) is 5.76. The lowest BCUT2D eigenvalue weighted by atomic mass is 10.1. The highest BCUT2D eigenvalue weighted by Gasteiger charge is 2.19. The van der Waals surface area contributed by atoms with E-state index in [-0.39, 0.29) is 10.5 Å². The maximum Gasteiger partial charge on any atom is 0.263 e. The Hall–Kier alpha value is -2.32. The van der Waals surface area contributed by atoms with Crippen molar-refractivity contribution < 1.29 is 8.42 Å². The Balaban J connectivity index is 2.44. The summed E-state index contributed by atoms with van der Waals surface area (Å²) < 4.78 is 27.3. The minimum Gasteiger partial charge on any atom is -0.279 e. The van der Waals surface area contributed by atoms with Crippen LogP contribution < -0.4 is 4.72 Å². The summed E-state index contributed by atoms with van der Waals surface area (Å²) in [4.78, 5) is -0.00611. The SMILES string of the molecule is CCc1ccccc1NS(=O)(=O)c1ccccc1C#N. The van der Waals surface area contributed by atoms with E-state index in [4.69, 9.17) is 5.26 Å². The molecule has 0 aliphatic heterocycles. The first kappa shape index (κ1) is 14.1. The smallest absolute Gasteiger partial charge is 0.263 e. The van der Waals surface area contributed by atoms with Gasteiger partial charge in [-0.1, -0.05) is 37.3 Å². The highest BCUT2D eigenvalue weighted by Crippen LogP contribution is 2.22. The molecule has 0 bridgehead atoms. The van der Waals surface area contributed by atoms with Gasteiger partial charge in [0.25, 0.3) is 10.0 Å². The van der Waals surface area contributed by atoms with Crippen LogP contribution >= 0.6 is 0 Å². The molecular formula is C15H14N2O2S. The molecular weight excluding hydrogens is 272 g/mol. The number of anilines is 1. The number of nitrogens with one attached hydrogen (secondary N) is 1. The Morgan fingerprint density at radius 3 is 2.45 bits per heavy atom. The fourth-order valence-electron chi connectivity index (χ4n) is 1.92. The maximum atomic E-state index is 12.4. The molecule has 1 N–H and O–H groups in total. The molecule has 102 valence electrons. The third kappa shape index (κ3) is 2.81. The van der Waals surface area contributed by atoms with Gasteiger partial charge in [-0.2, -0.15) is 5.26 Å². The predicted octanol–water partition coefficient (Wildman–Crippen LogP) is 2.92. The molecule has 20 heavy (non-hydrogen) atoms. The maximum absolute atomic E-state index is 12.4. The van der Waals surface area contributed by atoms with Gasteiger partial charge in [-0.3, -0.25) is 4.72 Å². The molecule has 2 rings (SSSR count). The van der Waals surface area contributed by atoms with Gasteiger partial charge in [0.05, 0.1) is 11.3 Å². The first-order valence-electron chi connectivity index (χ1n) is 6.18. The fraction of sp³-hybridized carbons (Fsp3) is 0.133. The Kier molecular flexibility index (Phi) is 4.06. The van der Waals surface area contributed by atoms with Crippen LogP contribution in [0.25, 0.3) is 0 Å². The number of hydrogen-bond acceptors (Lipinski definition) is 3. The number of rotatable bonds is 4. The molecule has 0 heterocycles. The van der Waals surface area contributed by atoms with Crippen molar-refractivity contribution in [3.8, 4) is 6.07 Å². The molecule has 0 saturated heterocycles. The third-order valence-corrected chi connectivity index (χ3v) is 4.36. The Morgan fingerprint density at radius 2 is 1.75 bits per heavy atom. The van der Waals surface area contributed by atoms with Crippen molar-refractivity contribution in [2.75, 3.05) is 4.72 Å². The average Bonchev–Trinajstić information content (AvgIpc) is 2.47. The monoisotopic (exact) mass is 286 g/mol. The van der Waals surface area contributed by atoms with Crippen LogP contribution in [0.15, 0.2) is 53.4 Å². The van der Waals surface area contributed by atoms with E-state index in [1.807, 2.05) is 25.1 Å². The largest absolute Gasteiger partial charge is 0.279 e. The molecule has 0 radical (unpaired) electrons. The lowest BCUT2D eigenvalue weighted by molar-refractivity contribution is 0.601. The Labute approximate surface area is 118 Å². The van der Waals surface area contributed by atoms with Gasteiger partial charge in [-0.05, 0) is 30.2 Å². The van der Waals surface area contributed by atoms with Crippen LogP contribution in [-0.4, -0.2) is 8.42 Å². The number of sulfonamides is 1. The second-order valence-electron chi connectivity index (χ2n) is 4.22. The van der Waals surface area contributed by atoms with E-state index >= 15 is 0 Å². The van der Waals surface area contributed by atoms with Crippen molar-refractivity contribution in [3.05, 3.63) is 59.7 Å². The topological polar surface area (TPSA) is 70.0 Å². The zero-order chi connectivity index (χ0) is 14.6. The summed E-state index contributed by atoms with van der Waals surface area (Å²) in [5.74, 6) is 0. The van der Waals surface area contributed by atoms with Gasteiger partial charge in [0.1, 0.15) is 11.0 Å². The normalized spacial score (nSPS) is 10.8. The van der Waals surface area contributed by atoms with E-state index in [1.54, 1.807) is 24.3 Å². The molecule has 0 fully saturated rings. The van der Waals surface area contributed by atoms with Crippen molar-refractivity contribution in [2.45, 2.75) is 18.2 Å². The molecule has 0 saturated carbocycles. The minimum absolute atomic E-state index is 0.00611. The number of aryl methyl sites for hydroxylation is 1. The van der Waals surface area contributed by atoms with E-state index in [1.165, 1.54) is 12.1 Å². The van der Waals surface area contributed by atoms with E-state index in [2.05, 4.69) is 4.72 Å². The molecule has 4 nitrogen and oxygen atoms in total. The Bertz CT molecular complexity index is 761. The molecule has 0 atom stereocenters. The van der Waals surface area contributed by atoms with Gasteiger partial charge in [0.2, 0.25) is 0 Å². The molecule has 0 spiro atoms. The first-order valence-corrected chi connectivity index (χ1v) is 7.66. The van der Waals surface area contributed by atoms with E-state index in [9.17, 15) is 8.42 Å². The summed E-state index contributed by atoms with van der Waals surface area (Å²) in [6, 6.07) is 15.3. The number of benzene rings is 2. The summed E-state index contributed by atoms with van der Waals surface area (Å²) in [7, 11) is -3.76. The van der Waals surface area contributed by atoms with Crippen LogP contribution in [0, 0.1) is 11.3 Å². The van der Waals surface area contributed by atoms with Gasteiger partial charge in [0.15, 0.2) is 0 Å². The fourth-order valence-corrected chi connectivity index (χ4v) is 3.18. The number of para-hydroxylation sites is 1. The van der Waals surface area contributed by atoms with Gasteiger partial charge < -0.3 is 0 Å². The minimum atomic E-state index is -3.76. The van der Waals surface area contributed by atoms with Gasteiger partial charge >= 0.3 is 0 Å². The molecule has 0 aromatic heterocycles. The molecule has 2 aromatic rings. The van der Waals surface area contributed by atoms with E-state index in [0.29, 0.717) is 5.69 Å². The van der Waals surface area contributed by atoms with E-state index in [0.717, 1.165) is 12.0 Å². The third-order valence-electron chi connectivity index (χ3n) is 2.94. The number of nitrogens with zero attached hydrogens (tertiary/aromatic N) is 1. The van der Waals surface area contributed by atoms with Crippen LogP contribution in [0.5, 0.6) is 0 Å². The number of nitriles is 1. The predicted molar refractivity (Wildman–Crippen MR) is 77.8 cm³/mol. The summed E-state index contributed by atoms with van der Waals surface area (Å²) in [6.07, 6.45) is 0.721. The zero-order valence-electron chi connectivity index (χ0n) is 11.0. The summed E-state index contributed by atoms with van der Waals surface area (Å²) in [5, 5.41) is 9.01. The molecule has 0 unspecified atom stereocenters. The lowest BCUT2D eigenvalue weighted by Crippen LogP contribution is -2.15. The quantitative estimate of drug-likeness (QED) is 0.939. The first-order chi connectivity index (χ1) is 9.58. The van der Waals surface area contributed by atoms with Gasteiger partial charge in [-0.15, -0.1) is 0 Å². The van der Waals surface area contributed by atoms with Crippen molar-refractivity contribution in [2.24, 2.45) is 0 Å². The van der Waals surface area contributed by atoms with Gasteiger partial charge in [0, 0.05) is 0 Å². The van der Waals surface area contributed by atoms with Crippen molar-refractivity contribution >= 4 is 15.7 Å². The second-order valence-corrected chi connectivity index (χ2v) is 5.87. The van der Waals surface area contributed by atoms with Crippen LogP contribution in [0.2, 0.25) is 0 Å².